The van der Waals surface area contributed by atoms with Gasteiger partial charge in [0.15, 0.2) is 0 Å². The van der Waals surface area contributed by atoms with Gasteiger partial charge >= 0.3 is 0 Å². The van der Waals surface area contributed by atoms with E-state index >= 15 is 0 Å². The number of aromatic nitrogens is 2. The van der Waals surface area contributed by atoms with Crippen LogP contribution in [0, 0.1) is 5.92 Å². The van der Waals surface area contributed by atoms with Crippen LogP contribution in [0.3, 0.4) is 0 Å². The van der Waals surface area contributed by atoms with E-state index in [1.165, 1.54) is 58.2 Å². The van der Waals surface area contributed by atoms with Crippen LogP contribution in [0.15, 0.2) is 12.4 Å². The third-order valence-corrected chi connectivity index (χ3v) is 5.36. The van der Waals surface area contributed by atoms with Gasteiger partial charge < -0.3 is 14.8 Å². The summed E-state index contributed by atoms with van der Waals surface area (Å²) in [5.41, 5.74) is 0. The first-order valence-electron chi connectivity index (χ1n) is 7.92. The summed E-state index contributed by atoms with van der Waals surface area (Å²) < 4.78 is 2.39. The highest BCUT2D eigenvalue weighted by atomic mass is 15.3. The molecular weight excluding hydrogens is 236 g/mol. The van der Waals surface area contributed by atoms with Crippen LogP contribution in [0.25, 0.3) is 0 Å². The Morgan fingerprint density at radius 3 is 2.58 bits per heavy atom. The maximum atomic E-state index is 4.57. The molecule has 1 aromatic rings. The molecule has 1 N–H and O–H groups in total. The number of hydrogen-bond acceptors (Lipinski definition) is 3. The van der Waals surface area contributed by atoms with Crippen molar-refractivity contribution in [2.45, 2.75) is 50.6 Å². The van der Waals surface area contributed by atoms with Crippen LogP contribution < -0.4 is 5.32 Å². The highest BCUT2D eigenvalue weighted by Gasteiger charge is 2.34. The number of nitrogens with one attached hydrogen (secondary N) is 1. The largest absolute Gasteiger partial charge is 0.351 e. The number of imidazole rings is 1. The lowest BCUT2D eigenvalue weighted by molar-refractivity contribution is 0.0970. The Labute approximate surface area is 115 Å². The van der Waals surface area contributed by atoms with Crippen molar-refractivity contribution in [3.05, 3.63) is 12.4 Å². The zero-order valence-electron chi connectivity index (χ0n) is 11.6. The molecule has 4 fully saturated rings. The third-order valence-electron chi connectivity index (χ3n) is 5.36. The number of anilines is 1. The first kappa shape index (κ1) is 11.8. The van der Waals surface area contributed by atoms with Crippen molar-refractivity contribution in [1.82, 2.24) is 14.5 Å². The van der Waals surface area contributed by atoms with E-state index in [9.17, 15) is 0 Å². The number of hydrogen-bond donors (Lipinski definition) is 1. The summed E-state index contributed by atoms with van der Waals surface area (Å²) in [4.78, 5) is 7.17. The molecule has 3 saturated heterocycles. The molecule has 4 aliphatic rings. The van der Waals surface area contributed by atoms with Gasteiger partial charge in [-0.25, -0.2) is 4.98 Å². The smallest absolute Gasteiger partial charge is 0.203 e. The maximum absolute atomic E-state index is 4.57. The van der Waals surface area contributed by atoms with Gasteiger partial charge in [-0.3, -0.25) is 0 Å². The maximum Gasteiger partial charge on any atom is 0.203 e. The Hall–Kier alpha value is -1.03. The summed E-state index contributed by atoms with van der Waals surface area (Å²) in [6.45, 7) is 3.82. The molecule has 1 aliphatic carbocycles. The lowest BCUT2D eigenvalue weighted by Crippen LogP contribution is -2.53. The molecule has 3 aliphatic heterocycles. The molecule has 19 heavy (non-hydrogen) atoms. The second-order valence-electron chi connectivity index (χ2n) is 6.49. The normalized spacial score (nSPS) is 34.8. The van der Waals surface area contributed by atoms with Crippen LogP contribution in [0.4, 0.5) is 5.95 Å². The van der Waals surface area contributed by atoms with Crippen LogP contribution in [0.2, 0.25) is 0 Å². The van der Waals surface area contributed by atoms with Gasteiger partial charge in [-0.15, -0.1) is 0 Å². The van der Waals surface area contributed by atoms with Gasteiger partial charge in [-0.1, -0.05) is 12.8 Å². The second kappa shape index (κ2) is 4.82. The molecule has 0 aromatic carbocycles. The van der Waals surface area contributed by atoms with Crippen LogP contribution >= 0.6 is 0 Å². The van der Waals surface area contributed by atoms with Crippen molar-refractivity contribution in [2.75, 3.05) is 25.0 Å². The quantitative estimate of drug-likeness (QED) is 0.906. The Kier molecular flexibility index (Phi) is 2.98. The summed E-state index contributed by atoms with van der Waals surface area (Å²) in [7, 11) is 0. The van der Waals surface area contributed by atoms with Gasteiger partial charge in [0.25, 0.3) is 0 Å². The Balaban J connectivity index is 1.49. The molecule has 5 rings (SSSR count). The molecule has 0 radical (unpaired) electrons. The summed E-state index contributed by atoms with van der Waals surface area (Å²) in [6.07, 6.45) is 12.3. The number of fused-ring (bicyclic) bond motifs is 3. The Morgan fingerprint density at radius 2 is 1.89 bits per heavy atom. The first-order chi connectivity index (χ1) is 9.40. The summed E-state index contributed by atoms with van der Waals surface area (Å²) in [5, 5.41) is 3.75. The third kappa shape index (κ3) is 2.16. The van der Waals surface area contributed by atoms with E-state index in [1.807, 2.05) is 6.20 Å². The van der Waals surface area contributed by atoms with Crippen LogP contribution in [0.5, 0.6) is 0 Å². The molecule has 1 aromatic heterocycles. The van der Waals surface area contributed by atoms with Gasteiger partial charge in [0, 0.05) is 31.0 Å². The standard InChI is InChI=1S/C15H24N4/c1-2-4-13(3-1)19-10-7-16-15(19)17-14-11-18-8-5-12(14)6-9-18/h7,10,12-14H,1-6,8-9,11H2,(H,16,17). The lowest BCUT2D eigenvalue weighted by Gasteiger charge is -2.45. The van der Waals surface area contributed by atoms with Crippen LogP contribution in [-0.2, 0) is 0 Å². The SMILES string of the molecule is c1cn(C2CCCC2)c(NC2CN3CCC2CC3)n1. The highest BCUT2D eigenvalue weighted by molar-refractivity contribution is 5.30. The summed E-state index contributed by atoms with van der Waals surface area (Å²) >= 11 is 0. The van der Waals surface area contributed by atoms with Crippen molar-refractivity contribution in [3.8, 4) is 0 Å². The average molecular weight is 260 g/mol. The molecule has 1 atom stereocenters. The van der Waals surface area contributed by atoms with Crippen LogP contribution in [0.1, 0.15) is 44.6 Å². The summed E-state index contributed by atoms with van der Waals surface area (Å²) in [6, 6.07) is 1.30. The monoisotopic (exact) mass is 260 g/mol. The minimum atomic E-state index is 0.616. The minimum absolute atomic E-state index is 0.616. The predicted molar refractivity (Wildman–Crippen MR) is 76.3 cm³/mol. The molecule has 1 saturated carbocycles. The van der Waals surface area contributed by atoms with Crippen molar-refractivity contribution in [3.63, 3.8) is 0 Å². The minimum Gasteiger partial charge on any atom is -0.351 e. The Bertz CT molecular complexity index is 427. The van der Waals surface area contributed by atoms with E-state index in [4.69, 9.17) is 0 Å². The van der Waals surface area contributed by atoms with E-state index in [0.717, 1.165) is 11.9 Å². The van der Waals surface area contributed by atoms with Crippen molar-refractivity contribution in [1.29, 1.82) is 0 Å². The highest BCUT2D eigenvalue weighted by Crippen LogP contribution is 2.33. The van der Waals surface area contributed by atoms with E-state index in [0.29, 0.717) is 12.1 Å². The fourth-order valence-corrected chi connectivity index (χ4v) is 4.20. The van der Waals surface area contributed by atoms with Gasteiger partial charge in [0.1, 0.15) is 0 Å². The summed E-state index contributed by atoms with van der Waals surface area (Å²) in [5.74, 6) is 1.98. The second-order valence-corrected chi connectivity index (χ2v) is 6.49. The van der Waals surface area contributed by atoms with E-state index < -0.39 is 0 Å². The van der Waals surface area contributed by atoms with E-state index in [-0.39, 0.29) is 0 Å². The van der Waals surface area contributed by atoms with Gasteiger partial charge in [0.2, 0.25) is 5.95 Å². The molecule has 4 nitrogen and oxygen atoms in total. The first-order valence-corrected chi connectivity index (χ1v) is 7.92. The van der Waals surface area contributed by atoms with Gasteiger partial charge in [0.05, 0.1) is 0 Å². The fraction of sp³-hybridized carbons (Fsp3) is 0.800. The van der Waals surface area contributed by atoms with E-state index in [1.54, 1.807) is 0 Å². The zero-order chi connectivity index (χ0) is 12.7. The van der Waals surface area contributed by atoms with Crippen molar-refractivity contribution >= 4 is 5.95 Å². The fourth-order valence-electron chi connectivity index (χ4n) is 4.20. The number of rotatable bonds is 3. The van der Waals surface area contributed by atoms with E-state index in [2.05, 4.69) is 26.0 Å². The molecule has 4 heteroatoms. The molecule has 0 amide bonds. The van der Waals surface area contributed by atoms with Gasteiger partial charge in [-0.05, 0) is 44.7 Å². The molecule has 104 valence electrons. The zero-order valence-corrected chi connectivity index (χ0v) is 11.6. The van der Waals surface area contributed by atoms with Crippen LogP contribution in [-0.4, -0.2) is 40.1 Å². The predicted octanol–water partition coefficient (Wildman–Crippen LogP) is 2.50. The average Bonchev–Trinajstić information content (AvgIpc) is 3.10. The lowest BCUT2D eigenvalue weighted by atomic mass is 9.84. The number of nitrogens with zero attached hydrogens (tertiary/aromatic N) is 3. The topological polar surface area (TPSA) is 33.1 Å². The molecule has 1 unspecified atom stereocenters. The van der Waals surface area contributed by atoms with Gasteiger partial charge in [-0.2, -0.15) is 0 Å². The Morgan fingerprint density at radius 1 is 1.11 bits per heavy atom. The molecule has 2 bridgehead atoms. The molecule has 0 spiro atoms. The van der Waals surface area contributed by atoms with Crippen molar-refractivity contribution < 1.29 is 0 Å². The molecule has 4 heterocycles. The number of piperidine rings is 3. The van der Waals surface area contributed by atoms with Crippen molar-refractivity contribution in [2.24, 2.45) is 5.92 Å². The molecular formula is C15H24N4.